The first kappa shape index (κ1) is 12.4. The van der Waals surface area contributed by atoms with Crippen molar-refractivity contribution in [3.63, 3.8) is 0 Å². The van der Waals surface area contributed by atoms with E-state index >= 15 is 0 Å². The van der Waals surface area contributed by atoms with Gasteiger partial charge in [-0.15, -0.1) is 0 Å². The fourth-order valence-corrected chi connectivity index (χ4v) is 1.91. The Morgan fingerprint density at radius 2 is 2.22 bits per heavy atom. The molecule has 1 heterocycles. The predicted molar refractivity (Wildman–Crippen MR) is 71.7 cm³/mol. The molecule has 0 saturated carbocycles. The lowest BCUT2D eigenvalue weighted by Gasteiger charge is -2.15. The minimum Gasteiger partial charge on any atom is -0.481 e. The van der Waals surface area contributed by atoms with Gasteiger partial charge in [-0.3, -0.25) is 9.78 Å². The molecule has 18 heavy (non-hydrogen) atoms. The quantitative estimate of drug-likeness (QED) is 0.849. The summed E-state index contributed by atoms with van der Waals surface area (Å²) in [7, 11) is 0. The SMILES string of the molecule is CC(CCC(=O)O)Nc1cccc2ncccc12. The lowest BCUT2D eigenvalue weighted by molar-refractivity contribution is -0.137. The smallest absolute Gasteiger partial charge is 0.303 e. The van der Waals surface area contributed by atoms with Crippen molar-refractivity contribution in [2.24, 2.45) is 0 Å². The van der Waals surface area contributed by atoms with Crippen molar-refractivity contribution >= 4 is 22.6 Å². The van der Waals surface area contributed by atoms with E-state index in [-0.39, 0.29) is 12.5 Å². The van der Waals surface area contributed by atoms with E-state index in [9.17, 15) is 4.79 Å². The number of aliphatic carboxylic acids is 1. The third-order valence-corrected chi connectivity index (χ3v) is 2.84. The average molecular weight is 244 g/mol. The van der Waals surface area contributed by atoms with Crippen LogP contribution in [0.25, 0.3) is 10.9 Å². The minimum atomic E-state index is -0.761. The number of nitrogens with zero attached hydrogens (tertiary/aromatic N) is 1. The van der Waals surface area contributed by atoms with Gasteiger partial charge in [0.1, 0.15) is 0 Å². The zero-order valence-corrected chi connectivity index (χ0v) is 10.3. The minimum absolute atomic E-state index is 0.118. The molecule has 0 radical (unpaired) electrons. The summed E-state index contributed by atoms with van der Waals surface area (Å²) in [4.78, 5) is 14.8. The maximum absolute atomic E-state index is 10.5. The molecule has 1 aromatic carbocycles. The summed E-state index contributed by atoms with van der Waals surface area (Å²) in [5, 5.41) is 13.1. The summed E-state index contributed by atoms with van der Waals surface area (Å²) in [5.41, 5.74) is 1.94. The van der Waals surface area contributed by atoms with Gasteiger partial charge in [-0.1, -0.05) is 6.07 Å². The van der Waals surface area contributed by atoms with E-state index in [2.05, 4.69) is 10.3 Å². The summed E-state index contributed by atoms with van der Waals surface area (Å²) < 4.78 is 0. The molecule has 0 fully saturated rings. The molecule has 0 aliphatic rings. The van der Waals surface area contributed by atoms with Crippen molar-refractivity contribution < 1.29 is 9.90 Å². The Morgan fingerprint density at radius 3 is 3.00 bits per heavy atom. The second-order valence-corrected chi connectivity index (χ2v) is 4.35. The van der Waals surface area contributed by atoms with Gasteiger partial charge in [0, 0.05) is 29.7 Å². The van der Waals surface area contributed by atoms with Crippen LogP contribution in [0.4, 0.5) is 5.69 Å². The number of rotatable bonds is 5. The monoisotopic (exact) mass is 244 g/mol. The lowest BCUT2D eigenvalue weighted by Crippen LogP contribution is -2.16. The van der Waals surface area contributed by atoms with E-state index in [0.717, 1.165) is 16.6 Å². The van der Waals surface area contributed by atoms with Crippen molar-refractivity contribution in [2.45, 2.75) is 25.8 Å². The Labute approximate surface area is 106 Å². The Kier molecular flexibility index (Phi) is 3.77. The largest absolute Gasteiger partial charge is 0.481 e. The number of hydrogen-bond acceptors (Lipinski definition) is 3. The molecule has 0 saturated heterocycles. The Hall–Kier alpha value is -2.10. The number of pyridine rings is 1. The number of nitrogens with one attached hydrogen (secondary N) is 1. The molecule has 0 amide bonds. The first-order valence-electron chi connectivity index (χ1n) is 5.99. The highest BCUT2D eigenvalue weighted by atomic mass is 16.4. The summed E-state index contributed by atoms with van der Waals surface area (Å²) in [6.45, 7) is 1.98. The molecule has 1 aromatic heterocycles. The second kappa shape index (κ2) is 5.49. The predicted octanol–water partition coefficient (Wildman–Crippen LogP) is 2.90. The van der Waals surface area contributed by atoms with Crippen LogP contribution in [0, 0.1) is 0 Å². The van der Waals surface area contributed by atoms with Crippen LogP contribution in [0.15, 0.2) is 36.5 Å². The normalized spacial score (nSPS) is 12.3. The van der Waals surface area contributed by atoms with Gasteiger partial charge < -0.3 is 10.4 Å². The van der Waals surface area contributed by atoms with Gasteiger partial charge in [0.15, 0.2) is 0 Å². The standard InChI is InChI=1S/C14H16N2O2/c1-10(7-8-14(17)18)16-13-6-2-5-12-11(13)4-3-9-15-12/h2-6,9-10,16H,7-8H2,1H3,(H,17,18). The second-order valence-electron chi connectivity index (χ2n) is 4.35. The lowest BCUT2D eigenvalue weighted by atomic mass is 10.1. The highest BCUT2D eigenvalue weighted by Gasteiger charge is 2.07. The molecular formula is C14H16N2O2. The molecule has 0 aliphatic heterocycles. The Balaban J connectivity index is 2.14. The maximum atomic E-state index is 10.5. The Morgan fingerprint density at radius 1 is 1.39 bits per heavy atom. The molecule has 4 heteroatoms. The molecule has 0 spiro atoms. The molecule has 1 unspecified atom stereocenters. The molecule has 2 aromatic rings. The van der Waals surface area contributed by atoms with Crippen LogP contribution in [0.2, 0.25) is 0 Å². The number of carboxylic acid groups (broad SMARTS) is 1. The number of hydrogen-bond donors (Lipinski definition) is 2. The number of anilines is 1. The van der Waals surface area contributed by atoms with Crippen LogP contribution >= 0.6 is 0 Å². The molecule has 1 atom stereocenters. The van der Waals surface area contributed by atoms with Crippen LogP contribution in [0.3, 0.4) is 0 Å². The molecular weight excluding hydrogens is 228 g/mol. The third-order valence-electron chi connectivity index (χ3n) is 2.84. The van der Waals surface area contributed by atoms with E-state index in [1.54, 1.807) is 6.20 Å². The van der Waals surface area contributed by atoms with E-state index in [0.29, 0.717) is 6.42 Å². The van der Waals surface area contributed by atoms with Gasteiger partial charge in [0.25, 0.3) is 0 Å². The summed E-state index contributed by atoms with van der Waals surface area (Å²) in [6.07, 6.45) is 2.54. The van der Waals surface area contributed by atoms with E-state index in [4.69, 9.17) is 5.11 Å². The fraction of sp³-hybridized carbons (Fsp3) is 0.286. The third kappa shape index (κ3) is 2.97. The summed E-state index contributed by atoms with van der Waals surface area (Å²) in [6, 6.07) is 9.92. The number of carboxylic acids is 1. The van der Waals surface area contributed by atoms with E-state index < -0.39 is 5.97 Å². The van der Waals surface area contributed by atoms with E-state index in [1.807, 2.05) is 37.3 Å². The maximum Gasteiger partial charge on any atom is 0.303 e. The number of benzene rings is 1. The van der Waals surface area contributed by atoms with Gasteiger partial charge in [0.05, 0.1) is 5.52 Å². The molecule has 0 aliphatic carbocycles. The van der Waals surface area contributed by atoms with Gasteiger partial charge in [-0.25, -0.2) is 0 Å². The number of fused-ring (bicyclic) bond motifs is 1. The van der Waals surface area contributed by atoms with Crippen molar-refractivity contribution in [2.75, 3.05) is 5.32 Å². The van der Waals surface area contributed by atoms with Crippen LogP contribution in [0.1, 0.15) is 19.8 Å². The van der Waals surface area contributed by atoms with E-state index in [1.165, 1.54) is 0 Å². The first-order chi connectivity index (χ1) is 8.66. The molecule has 2 rings (SSSR count). The number of aromatic nitrogens is 1. The first-order valence-corrected chi connectivity index (χ1v) is 5.99. The van der Waals surface area contributed by atoms with Gasteiger partial charge in [-0.05, 0) is 37.6 Å². The van der Waals surface area contributed by atoms with Gasteiger partial charge in [-0.2, -0.15) is 0 Å². The zero-order valence-electron chi connectivity index (χ0n) is 10.3. The van der Waals surface area contributed by atoms with Crippen LogP contribution in [-0.4, -0.2) is 22.1 Å². The number of carbonyl (C=O) groups is 1. The molecule has 0 bridgehead atoms. The highest BCUT2D eigenvalue weighted by Crippen LogP contribution is 2.22. The van der Waals surface area contributed by atoms with Gasteiger partial charge in [0.2, 0.25) is 0 Å². The zero-order chi connectivity index (χ0) is 13.0. The van der Waals surface area contributed by atoms with Crippen molar-refractivity contribution in [1.82, 2.24) is 4.98 Å². The molecule has 94 valence electrons. The van der Waals surface area contributed by atoms with Crippen molar-refractivity contribution in [1.29, 1.82) is 0 Å². The fourth-order valence-electron chi connectivity index (χ4n) is 1.91. The topological polar surface area (TPSA) is 62.2 Å². The molecule has 2 N–H and O–H groups in total. The summed E-state index contributed by atoms with van der Waals surface area (Å²) in [5.74, 6) is -0.761. The highest BCUT2D eigenvalue weighted by molar-refractivity contribution is 5.91. The Bertz CT molecular complexity index is 549. The van der Waals surface area contributed by atoms with Crippen molar-refractivity contribution in [3.8, 4) is 0 Å². The van der Waals surface area contributed by atoms with Gasteiger partial charge >= 0.3 is 5.97 Å². The molecule has 4 nitrogen and oxygen atoms in total. The van der Waals surface area contributed by atoms with Crippen LogP contribution in [-0.2, 0) is 4.79 Å². The van der Waals surface area contributed by atoms with Crippen LogP contribution in [0.5, 0.6) is 0 Å². The average Bonchev–Trinajstić information content (AvgIpc) is 2.37. The summed E-state index contributed by atoms with van der Waals surface area (Å²) >= 11 is 0. The van der Waals surface area contributed by atoms with Crippen LogP contribution < -0.4 is 5.32 Å². The van der Waals surface area contributed by atoms with Crippen molar-refractivity contribution in [3.05, 3.63) is 36.5 Å².